The number of nitrogens with two attached hydrogens (primary N) is 1. The molecule has 7 N–H and O–H groups in total. The van der Waals surface area contributed by atoms with E-state index in [-0.39, 0.29) is 23.2 Å². The molecule has 2 amide bonds. The first-order valence-electron chi connectivity index (χ1n) is 12.8. The predicted octanol–water partition coefficient (Wildman–Crippen LogP) is -1.95. The van der Waals surface area contributed by atoms with E-state index in [1.807, 2.05) is 21.6 Å². The third-order valence-electron chi connectivity index (χ3n) is 6.48. The molecule has 0 spiro atoms. The second kappa shape index (κ2) is 13.0. The maximum atomic E-state index is 13.2. The van der Waals surface area contributed by atoms with Gasteiger partial charge in [0.05, 0.1) is 12.6 Å². The third-order valence-corrected chi connectivity index (χ3v) is 8.37. The fourth-order valence-corrected chi connectivity index (χ4v) is 6.14. The largest absolute Gasteiger partial charge is 0.726 e. The Morgan fingerprint density at radius 3 is 2.64 bits per heavy atom. The van der Waals surface area contributed by atoms with E-state index in [1.165, 1.54) is 30.5 Å². The van der Waals surface area contributed by atoms with Gasteiger partial charge in [0, 0.05) is 29.4 Å². The molecule has 3 aliphatic rings. The predicted molar refractivity (Wildman–Crippen MR) is 153 cm³/mol. The van der Waals surface area contributed by atoms with Gasteiger partial charge in [0.2, 0.25) is 27.5 Å². The smallest absolute Gasteiger partial charge is 0.352 e. The summed E-state index contributed by atoms with van der Waals surface area (Å²) in [5.74, 6) is -3.03. The van der Waals surface area contributed by atoms with Crippen molar-refractivity contribution >= 4 is 74.1 Å². The molecule has 20 nitrogen and oxygen atoms in total. The Morgan fingerprint density at radius 2 is 2.04 bits per heavy atom. The number of nitrogen functional groups attached to an aromatic ring is 1. The third kappa shape index (κ3) is 7.67. The van der Waals surface area contributed by atoms with Crippen molar-refractivity contribution in [2.24, 2.45) is 5.16 Å². The number of anilines is 2. The van der Waals surface area contributed by atoms with E-state index in [0.717, 1.165) is 36.9 Å². The lowest BCUT2D eigenvalue weighted by Crippen LogP contribution is -2.71. The number of hydrogen-bond acceptors (Lipinski definition) is 15. The van der Waals surface area contributed by atoms with Crippen molar-refractivity contribution in [3.8, 4) is 0 Å². The van der Waals surface area contributed by atoms with E-state index >= 15 is 0 Å². The monoisotopic (exact) mass is 689 g/mol. The number of β-lactam (4-membered cyclic amide) rings is 1. The first-order valence-corrected chi connectivity index (χ1v) is 16.0. The minimum absolute atomic E-state index is 0.0309. The highest BCUT2D eigenvalue weighted by Crippen LogP contribution is 2.40. The number of carboxylic acid groups (broad SMARTS) is 2. The van der Waals surface area contributed by atoms with E-state index in [2.05, 4.69) is 25.1 Å². The van der Waals surface area contributed by atoms with Gasteiger partial charge in [-0.1, -0.05) is 5.16 Å². The van der Waals surface area contributed by atoms with E-state index in [9.17, 15) is 29.4 Å². The normalized spacial score (nSPS) is 19.7. The maximum absolute atomic E-state index is 13.2. The van der Waals surface area contributed by atoms with Crippen molar-refractivity contribution in [2.45, 2.75) is 50.4 Å². The minimum atomic E-state index is -4.92. The van der Waals surface area contributed by atoms with Crippen molar-refractivity contribution in [3.05, 3.63) is 29.4 Å². The second-order valence-electron chi connectivity index (χ2n) is 10.1. The molecule has 0 radical (unpaired) electrons. The molecule has 1 saturated heterocycles. The Morgan fingerprint density at radius 1 is 1.36 bits per heavy atom. The fourth-order valence-electron chi connectivity index (χ4n) is 4.37. The number of amides is 2. The van der Waals surface area contributed by atoms with Gasteiger partial charge < -0.3 is 36.0 Å². The molecule has 1 fully saturated rings. The lowest BCUT2D eigenvalue weighted by Gasteiger charge is -2.49. The SMILES string of the molecule is CC(C)(O/N=C(\C(=O)N[C@@H]1C(=O)N2C(C(=O)O)=C(C[n+]3ccc4n3CCCN4)CS[C@H]12)c1nsc(N)n1)C(=O)O.O=S(=O)([O-])O. The minimum Gasteiger partial charge on any atom is -0.726 e. The van der Waals surface area contributed by atoms with Crippen molar-refractivity contribution in [1.29, 1.82) is 0 Å². The Kier molecular flexibility index (Phi) is 9.67. The van der Waals surface area contributed by atoms with Crippen molar-refractivity contribution in [1.82, 2.24) is 24.3 Å². The van der Waals surface area contributed by atoms with Crippen LogP contribution in [0.3, 0.4) is 0 Å². The number of carboxylic acids is 2. The first kappa shape index (κ1) is 33.6. The van der Waals surface area contributed by atoms with Crippen LogP contribution in [0.5, 0.6) is 0 Å². The van der Waals surface area contributed by atoms with Crippen molar-refractivity contribution in [2.75, 3.05) is 23.3 Å². The summed E-state index contributed by atoms with van der Waals surface area (Å²) in [6.07, 6.45) is 2.80. The molecule has 2 aromatic rings. The summed E-state index contributed by atoms with van der Waals surface area (Å²) in [5.41, 5.74) is 3.83. The Hall–Kier alpha value is -4.32. The summed E-state index contributed by atoms with van der Waals surface area (Å²) in [6.45, 7) is 4.41. The van der Waals surface area contributed by atoms with Gasteiger partial charge in [-0.3, -0.25) is 19.0 Å². The van der Waals surface area contributed by atoms with Crippen LogP contribution >= 0.6 is 23.3 Å². The molecule has 2 aromatic heterocycles. The highest BCUT2D eigenvalue weighted by molar-refractivity contribution is 8.00. The number of aliphatic carboxylic acids is 2. The van der Waals surface area contributed by atoms with Crippen LogP contribution in [0.4, 0.5) is 10.9 Å². The number of fused-ring (bicyclic) bond motifs is 2. The van der Waals surface area contributed by atoms with Gasteiger partial charge in [0.25, 0.3) is 11.8 Å². The molecular weight excluding hydrogens is 662 g/mol. The highest BCUT2D eigenvalue weighted by atomic mass is 32.3. The van der Waals surface area contributed by atoms with Crippen LogP contribution < -0.4 is 21.0 Å². The van der Waals surface area contributed by atoms with E-state index in [4.69, 9.17) is 28.1 Å². The first-order chi connectivity index (χ1) is 21.0. The molecular formula is C22H27N9O11S3. The lowest BCUT2D eigenvalue weighted by molar-refractivity contribution is -0.768. The summed E-state index contributed by atoms with van der Waals surface area (Å²) < 4.78 is 40.7. The van der Waals surface area contributed by atoms with Crippen LogP contribution in [0.2, 0.25) is 0 Å². The van der Waals surface area contributed by atoms with Gasteiger partial charge in [0.15, 0.2) is 23.7 Å². The maximum Gasteiger partial charge on any atom is 0.352 e. The number of thioether (sulfide) groups is 1. The molecule has 0 bridgehead atoms. The molecule has 5 heterocycles. The average molecular weight is 690 g/mol. The summed E-state index contributed by atoms with van der Waals surface area (Å²) in [7, 11) is -4.92. The van der Waals surface area contributed by atoms with Gasteiger partial charge in [-0.25, -0.2) is 18.0 Å². The number of nitrogens with zero attached hydrogens (tertiary/aromatic N) is 6. The quantitative estimate of drug-likeness (QED) is 0.0416. The molecule has 45 heavy (non-hydrogen) atoms. The number of oxime groups is 1. The zero-order valence-corrected chi connectivity index (χ0v) is 25.9. The van der Waals surface area contributed by atoms with E-state index < -0.39 is 56.9 Å². The van der Waals surface area contributed by atoms with Crippen LogP contribution in [0, 0.1) is 0 Å². The standard InChI is InChI=1S/C22H25N9O7S2.H2O4S/c1-22(2,20(36)37)38-27-12(15-26-21(23)40-28-15)16(32)25-13-17(33)31-14(19(34)35)10(9-39-18(13)31)8-29-7-4-11-24-5-3-6-30(11)29;1-5(2,3)4/h4,7,13,18H,3,5-6,8-9H2,1-2H3,(H5,23,25,26,28,32,34,35,36,37);(H2,1,2,3,4)/b27-12-;/t13-,18-;/m1./s1. The van der Waals surface area contributed by atoms with E-state index in [0.29, 0.717) is 11.3 Å². The topological polar surface area (TPSA) is 296 Å². The molecule has 244 valence electrons. The van der Waals surface area contributed by atoms with Gasteiger partial charge in [-0.05, 0) is 20.3 Å². The number of carbonyl (C=O) groups excluding carboxylic acids is 2. The zero-order chi connectivity index (χ0) is 33.3. The van der Waals surface area contributed by atoms with Gasteiger partial charge >= 0.3 is 11.9 Å². The molecule has 23 heteroatoms. The summed E-state index contributed by atoms with van der Waals surface area (Å²) in [4.78, 5) is 60.2. The number of rotatable bonds is 9. The summed E-state index contributed by atoms with van der Waals surface area (Å²) >= 11 is 2.11. The molecule has 2 atom stereocenters. The molecule has 0 aromatic carbocycles. The summed E-state index contributed by atoms with van der Waals surface area (Å²) in [6, 6.07) is 0.852. The second-order valence-corrected chi connectivity index (χ2v) is 12.8. The number of nitrogens with one attached hydrogen (secondary N) is 2. The van der Waals surface area contributed by atoms with Crippen molar-refractivity contribution in [3.63, 3.8) is 0 Å². The van der Waals surface area contributed by atoms with Crippen LogP contribution in [-0.4, -0.2) is 105 Å². The molecule has 5 rings (SSSR count). The van der Waals surface area contributed by atoms with Gasteiger partial charge in [-0.2, -0.15) is 9.36 Å². The Labute approximate surface area is 262 Å². The van der Waals surface area contributed by atoms with Crippen LogP contribution in [0.15, 0.2) is 28.7 Å². The van der Waals surface area contributed by atoms with E-state index in [1.54, 1.807) is 0 Å². The zero-order valence-electron chi connectivity index (χ0n) is 23.4. The van der Waals surface area contributed by atoms with Crippen LogP contribution in [0.25, 0.3) is 0 Å². The molecule has 0 saturated carbocycles. The van der Waals surface area contributed by atoms with Gasteiger partial charge in [0.1, 0.15) is 17.1 Å². The highest BCUT2D eigenvalue weighted by Gasteiger charge is 2.55. The van der Waals surface area contributed by atoms with Crippen LogP contribution in [-0.2, 0) is 47.5 Å². The van der Waals surface area contributed by atoms with Crippen molar-refractivity contribution < 1.29 is 56.4 Å². The fraction of sp³-hybridized carbons (Fsp3) is 0.455. The number of aromatic nitrogens is 4. The molecule has 0 aliphatic carbocycles. The number of carbonyl (C=O) groups is 4. The molecule has 0 unspecified atom stereocenters. The number of hydrogen-bond donors (Lipinski definition) is 6. The van der Waals surface area contributed by atoms with Gasteiger partial charge in [-0.15, -0.1) is 21.1 Å². The van der Waals surface area contributed by atoms with Crippen LogP contribution in [0.1, 0.15) is 26.1 Å². The molecule has 3 aliphatic heterocycles. The lowest BCUT2D eigenvalue weighted by atomic mass is 10.0. The average Bonchev–Trinajstić information content (AvgIpc) is 3.56. The summed E-state index contributed by atoms with van der Waals surface area (Å²) in [5, 5.41) is 28.2. The Balaban J connectivity index is 0.000000854. The Bertz CT molecular complexity index is 1690.